The van der Waals surface area contributed by atoms with Crippen molar-refractivity contribution in [3.05, 3.63) is 0 Å². The second-order valence-electron chi connectivity index (χ2n) is 31.1. The predicted molar refractivity (Wildman–Crippen MR) is 409 cm³/mol. The molecule has 0 bridgehead atoms. The van der Waals surface area contributed by atoms with Crippen LogP contribution in [-0.4, -0.2) is 96.7 Å². The van der Waals surface area contributed by atoms with Gasteiger partial charge in [-0.1, -0.05) is 364 Å². The topological polar surface area (TPSA) is 237 Å². The zero-order valence-corrected chi connectivity index (χ0v) is 67.6. The summed E-state index contributed by atoms with van der Waals surface area (Å²) in [6.07, 6.45) is 57.5. The van der Waals surface area contributed by atoms with Crippen molar-refractivity contribution in [3.8, 4) is 0 Å². The van der Waals surface area contributed by atoms with Crippen LogP contribution in [0.1, 0.15) is 415 Å². The van der Waals surface area contributed by atoms with E-state index in [2.05, 4.69) is 55.4 Å². The number of aliphatic hydroxyl groups is 1. The molecule has 0 aromatic heterocycles. The van der Waals surface area contributed by atoms with Gasteiger partial charge < -0.3 is 33.8 Å². The number of ether oxygens (including phenoxy) is 4. The van der Waals surface area contributed by atoms with Crippen molar-refractivity contribution < 1.29 is 80.2 Å². The molecule has 0 radical (unpaired) electrons. The number of unbranched alkanes of at least 4 members (excludes halogenated alkanes) is 44. The molecule has 4 atom stereocenters. The monoisotopic (exact) mass is 1470 g/mol. The van der Waals surface area contributed by atoms with Crippen LogP contribution in [0.25, 0.3) is 0 Å². The first-order valence-electron chi connectivity index (χ1n) is 41.7. The summed E-state index contributed by atoms with van der Waals surface area (Å²) in [6.45, 7) is 14.1. The lowest BCUT2D eigenvalue weighted by Gasteiger charge is -2.21. The van der Waals surface area contributed by atoms with Crippen molar-refractivity contribution in [1.29, 1.82) is 0 Å². The van der Waals surface area contributed by atoms with Gasteiger partial charge in [0.2, 0.25) is 0 Å². The molecule has 0 fully saturated rings. The Balaban J connectivity index is 5.10. The SMILES string of the molecule is CC(C)CCCCCCCCCCCCCCCCCCCCC(=O)O[C@H](COC(=O)CCCCCCCCC(C)C)COP(=O)(O)OCC(O)COP(=O)(O)OC[C@@H](COC(=O)CCCCCCCCC(C)C)OC(=O)CCCCCCCCCCCCCCCCCCCCC(C)C. The first kappa shape index (κ1) is 98.1. The second-order valence-corrected chi connectivity index (χ2v) is 34.0. The standard InChI is InChI=1S/C81H158O17P2/c1-71(2)57-49-41-33-29-25-21-17-13-9-11-15-19-23-27-31-35-47-55-63-80(85)97-76(67-91-78(83)61-53-45-39-37-43-51-59-73(5)6)69-95-99(87,88)93-65-75(82)66-94-100(89,90)96-70-77(68-92-79(84)62-54-46-40-38-44-52-60-74(7)8)98-81(86)64-56-48-36-32-28-24-20-16-12-10-14-18-22-26-30-34-42-50-58-72(3)4/h71-77,82H,9-70H2,1-8H3,(H,87,88)(H,89,90)/t76-,77-/m1/s1. The maximum Gasteiger partial charge on any atom is 0.472 e. The van der Waals surface area contributed by atoms with Crippen LogP contribution in [0.2, 0.25) is 0 Å². The van der Waals surface area contributed by atoms with Crippen LogP contribution in [0.4, 0.5) is 0 Å². The highest BCUT2D eigenvalue weighted by Crippen LogP contribution is 2.45. The smallest absolute Gasteiger partial charge is 0.462 e. The Morgan fingerprint density at radius 1 is 0.250 bits per heavy atom. The molecule has 0 aliphatic rings. The maximum absolute atomic E-state index is 13.1. The van der Waals surface area contributed by atoms with Gasteiger partial charge in [-0.3, -0.25) is 37.3 Å². The molecule has 2 unspecified atom stereocenters. The van der Waals surface area contributed by atoms with E-state index in [1.54, 1.807) is 0 Å². The molecule has 0 aliphatic carbocycles. The zero-order chi connectivity index (χ0) is 73.8. The highest BCUT2D eigenvalue weighted by molar-refractivity contribution is 7.47. The molecule has 0 aromatic rings. The highest BCUT2D eigenvalue weighted by Gasteiger charge is 2.30. The largest absolute Gasteiger partial charge is 0.472 e. The molecule has 0 rings (SSSR count). The fraction of sp³-hybridized carbons (Fsp3) is 0.951. The minimum Gasteiger partial charge on any atom is -0.462 e. The number of hydrogen-bond donors (Lipinski definition) is 3. The number of rotatable bonds is 78. The predicted octanol–water partition coefficient (Wildman–Crippen LogP) is 24.0. The highest BCUT2D eigenvalue weighted by atomic mass is 31.2. The van der Waals surface area contributed by atoms with E-state index in [4.69, 9.17) is 37.0 Å². The van der Waals surface area contributed by atoms with Gasteiger partial charge >= 0.3 is 39.5 Å². The summed E-state index contributed by atoms with van der Waals surface area (Å²) in [4.78, 5) is 72.8. The second kappa shape index (κ2) is 70.1. The zero-order valence-electron chi connectivity index (χ0n) is 65.8. The third-order valence-electron chi connectivity index (χ3n) is 18.8. The fourth-order valence-electron chi connectivity index (χ4n) is 12.4. The summed E-state index contributed by atoms with van der Waals surface area (Å²) in [5.41, 5.74) is 0. The van der Waals surface area contributed by atoms with Crippen LogP contribution in [0, 0.1) is 23.7 Å². The van der Waals surface area contributed by atoms with Crippen LogP contribution in [0.3, 0.4) is 0 Å². The van der Waals surface area contributed by atoms with Crippen LogP contribution in [0.5, 0.6) is 0 Å². The number of carbonyl (C=O) groups is 4. The molecule has 17 nitrogen and oxygen atoms in total. The van der Waals surface area contributed by atoms with E-state index < -0.39 is 97.5 Å². The molecule has 0 spiro atoms. The average molecular weight is 1470 g/mol. The van der Waals surface area contributed by atoms with Gasteiger partial charge in [-0.2, -0.15) is 0 Å². The molecular formula is C81H158O17P2. The van der Waals surface area contributed by atoms with E-state index in [9.17, 15) is 43.2 Å². The molecule has 0 saturated heterocycles. The fourth-order valence-corrected chi connectivity index (χ4v) is 14.0. The van der Waals surface area contributed by atoms with Gasteiger partial charge in [0.15, 0.2) is 12.2 Å². The number of esters is 4. The van der Waals surface area contributed by atoms with Crippen LogP contribution in [-0.2, 0) is 65.4 Å². The average Bonchev–Trinajstić information content (AvgIpc) is 0.950. The molecular weight excluding hydrogens is 1310 g/mol. The molecule has 0 aliphatic heterocycles. The van der Waals surface area contributed by atoms with Crippen LogP contribution < -0.4 is 0 Å². The van der Waals surface area contributed by atoms with E-state index in [0.29, 0.717) is 37.5 Å². The third-order valence-corrected chi connectivity index (χ3v) is 20.7. The molecule has 3 N–H and O–H groups in total. The van der Waals surface area contributed by atoms with Gasteiger partial charge in [-0.25, -0.2) is 9.13 Å². The summed E-state index contributed by atoms with van der Waals surface area (Å²) in [5.74, 6) is 0.879. The number of phosphoric ester groups is 2. The molecule has 19 heteroatoms. The van der Waals surface area contributed by atoms with E-state index >= 15 is 0 Å². The Kier molecular flexibility index (Phi) is 68.7. The van der Waals surface area contributed by atoms with E-state index in [1.165, 1.54) is 205 Å². The normalized spacial score (nSPS) is 14.0. The van der Waals surface area contributed by atoms with Gasteiger partial charge in [0.25, 0.3) is 0 Å². The van der Waals surface area contributed by atoms with Gasteiger partial charge in [0.1, 0.15) is 19.3 Å². The van der Waals surface area contributed by atoms with Crippen molar-refractivity contribution in [2.24, 2.45) is 23.7 Å². The van der Waals surface area contributed by atoms with E-state index in [0.717, 1.165) is 115 Å². The minimum absolute atomic E-state index is 0.107. The minimum atomic E-state index is -4.96. The Morgan fingerprint density at radius 3 is 0.620 bits per heavy atom. The number of hydrogen-bond acceptors (Lipinski definition) is 15. The quantitative estimate of drug-likeness (QED) is 0.0222. The van der Waals surface area contributed by atoms with Crippen molar-refractivity contribution in [2.75, 3.05) is 39.6 Å². The Morgan fingerprint density at radius 2 is 0.420 bits per heavy atom. The van der Waals surface area contributed by atoms with Crippen LogP contribution >= 0.6 is 15.6 Å². The summed E-state index contributed by atoms with van der Waals surface area (Å²) in [6, 6.07) is 0. The summed E-state index contributed by atoms with van der Waals surface area (Å²) >= 11 is 0. The number of aliphatic hydroxyl groups excluding tert-OH is 1. The van der Waals surface area contributed by atoms with Gasteiger partial charge in [0.05, 0.1) is 26.4 Å². The van der Waals surface area contributed by atoms with Gasteiger partial charge in [-0.05, 0) is 49.4 Å². The van der Waals surface area contributed by atoms with Crippen molar-refractivity contribution >= 4 is 39.5 Å². The molecule has 0 heterocycles. The first-order chi connectivity index (χ1) is 48.1. The van der Waals surface area contributed by atoms with E-state index in [1.807, 2.05) is 0 Å². The lowest BCUT2D eigenvalue weighted by Crippen LogP contribution is -2.30. The van der Waals surface area contributed by atoms with Crippen molar-refractivity contribution in [3.63, 3.8) is 0 Å². The summed E-state index contributed by atoms with van der Waals surface area (Å²) < 4.78 is 68.6. The lowest BCUT2D eigenvalue weighted by atomic mass is 10.0. The maximum atomic E-state index is 13.1. The van der Waals surface area contributed by atoms with Crippen molar-refractivity contribution in [2.45, 2.75) is 433 Å². The Labute approximate surface area is 613 Å². The first-order valence-corrected chi connectivity index (χ1v) is 44.7. The Bertz CT molecular complexity index is 1820. The lowest BCUT2D eigenvalue weighted by molar-refractivity contribution is -0.161. The number of carbonyl (C=O) groups excluding carboxylic acids is 4. The molecule has 0 amide bonds. The van der Waals surface area contributed by atoms with E-state index in [-0.39, 0.29) is 25.7 Å². The molecule has 0 saturated carbocycles. The third kappa shape index (κ3) is 74.3. The molecule has 0 aromatic carbocycles. The van der Waals surface area contributed by atoms with Crippen LogP contribution in [0.15, 0.2) is 0 Å². The molecule has 594 valence electrons. The molecule has 100 heavy (non-hydrogen) atoms. The Hall–Kier alpha value is -1.94. The summed E-state index contributed by atoms with van der Waals surface area (Å²) in [7, 11) is -9.92. The van der Waals surface area contributed by atoms with Gasteiger partial charge in [0, 0.05) is 25.7 Å². The van der Waals surface area contributed by atoms with Gasteiger partial charge in [-0.15, -0.1) is 0 Å². The van der Waals surface area contributed by atoms with Crippen molar-refractivity contribution in [1.82, 2.24) is 0 Å². The summed E-state index contributed by atoms with van der Waals surface area (Å²) in [5, 5.41) is 10.6. The number of phosphoric acid groups is 2.